The van der Waals surface area contributed by atoms with Gasteiger partial charge in [0.1, 0.15) is 5.82 Å². The first kappa shape index (κ1) is 22.4. The number of anilines is 1. The van der Waals surface area contributed by atoms with Crippen LogP contribution in [-0.4, -0.2) is 69.8 Å². The Balaban J connectivity index is 0.00000338. The van der Waals surface area contributed by atoms with Crippen molar-refractivity contribution in [2.24, 2.45) is 4.99 Å². The summed E-state index contributed by atoms with van der Waals surface area (Å²) in [4.78, 5) is 22.6. The van der Waals surface area contributed by atoms with E-state index >= 15 is 0 Å². The number of hydrogen-bond acceptors (Lipinski definition) is 5. The summed E-state index contributed by atoms with van der Waals surface area (Å²) in [5, 5.41) is 9.20. The molecule has 0 bridgehead atoms. The van der Waals surface area contributed by atoms with E-state index < -0.39 is 0 Å². The Bertz CT molecular complexity index is 549. The summed E-state index contributed by atoms with van der Waals surface area (Å²) in [5.41, 5.74) is 0. The minimum absolute atomic E-state index is 0. The molecule has 26 heavy (non-hydrogen) atoms. The number of pyridine rings is 1. The van der Waals surface area contributed by atoms with E-state index in [2.05, 4.69) is 30.8 Å². The highest BCUT2D eigenvalue weighted by molar-refractivity contribution is 14.0. The summed E-state index contributed by atoms with van der Waals surface area (Å²) in [5.74, 6) is 1.60. The summed E-state index contributed by atoms with van der Waals surface area (Å²) in [6.45, 7) is 3.10. The number of halogens is 1. The van der Waals surface area contributed by atoms with E-state index in [0.29, 0.717) is 25.2 Å². The van der Waals surface area contributed by atoms with Crippen molar-refractivity contribution in [1.82, 2.24) is 20.9 Å². The number of amides is 1. The van der Waals surface area contributed by atoms with Crippen molar-refractivity contribution in [2.75, 3.05) is 51.8 Å². The largest absolute Gasteiger partial charge is 0.383 e. The molecule has 8 nitrogen and oxygen atoms in total. The average molecular weight is 476 g/mol. The number of rotatable bonds is 7. The Morgan fingerprint density at radius 1 is 1.35 bits per heavy atom. The zero-order valence-corrected chi connectivity index (χ0v) is 17.7. The fraction of sp³-hybridized carbons (Fsp3) is 0.588. The molecule has 1 aromatic rings. The summed E-state index contributed by atoms with van der Waals surface area (Å²) in [6.07, 6.45) is 3.82. The Labute approximate surface area is 172 Å². The summed E-state index contributed by atoms with van der Waals surface area (Å²) >= 11 is 0. The molecule has 1 aromatic heterocycles. The number of nitrogens with zero attached hydrogens (tertiary/aromatic N) is 3. The summed E-state index contributed by atoms with van der Waals surface area (Å²) in [7, 11) is 3.32. The molecule has 0 spiro atoms. The van der Waals surface area contributed by atoms with E-state index in [1.165, 1.54) is 0 Å². The lowest BCUT2D eigenvalue weighted by atomic mass is 10.1. The number of nitrogens with one attached hydrogen (secondary N) is 3. The van der Waals surface area contributed by atoms with Crippen LogP contribution in [0.25, 0.3) is 0 Å². The van der Waals surface area contributed by atoms with Crippen molar-refractivity contribution in [3.05, 3.63) is 24.4 Å². The zero-order valence-electron chi connectivity index (χ0n) is 15.4. The second kappa shape index (κ2) is 12.7. The van der Waals surface area contributed by atoms with Gasteiger partial charge in [0.15, 0.2) is 5.96 Å². The minimum atomic E-state index is -0.0787. The van der Waals surface area contributed by atoms with E-state index in [9.17, 15) is 4.79 Å². The molecule has 1 aliphatic rings. The van der Waals surface area contributed by atoms with Gasteiger partial charge < -0.3 is 25.6 Å². The molecule has 1 amide bonds. The number of aliphatic imine (C=N–C) groups is 1. The van der Waals surface area contributed by atoms with Crippen molar-refractivity contribution >= 4 is 41.7 Å². The molecule has 0 unspecified atom stereocenters. The Hall–Kier alpha value is -1.62. The summed E-state index contributed by atoms with van der Waals surface area (Å²) in [6, 6.07) is 6.31. The van der Waals surface area contributed by atoms with Gasteiger partial charge in [0, 0.05) is 46.0 Å². The lowest BCUT2D eigenvalue weighted by Crippen LogP contribution is -2.50. The molecule has 3 N–H and O–H groups in total. The van der Waals surface area contributed by atoms with E-state index in [-0.39, 0.29) is 36.4 Å². The van der Waals surface area contributed by atoms with E-state index in [0.717, 1.165) is 31.7 Å². The van der Waals surface area contributed by atoms with Gasteiger partial charge in [-0.25, -0.2) is 4.98 Å². The van der Waals surface area contributed by atoms with Crippen LogP contribution >= 0.6 is 24.0 Å². The molecule has 9 heteroatoms. The van der Waals surface area contributed by atoms with Gasteiger partial charge in [0.05, 0.1) is 13.2 Å². The molecular weight excluding hydrogens is 447 g/mol. The van der Waals surface area contributed by atoms with Gasteiger partial charge >= 0.3 is 0 Å². The topological polar surface area (TPSA) is 90.9 Å². The minimum Gasteiger partial charge on any atom is -0.383 e. The second-order valence-electron chi connectivity index (χ2n) is 5.86. The van der Waals surface area contributed by atoms with Crippen LogP contribution in [0, 0.1) is 0 Å². The molecule has 0 saturated carbocycles. The number of carbonyl (C=O) groups is 1. The Morgan fingerprint density at radius 2 is 2.12 bits per heavy atom. The lowest BCUT2D eigenvalue weighted by molar-refractivity contribution is -0.120. The van der Waals surface area contributed by atoms with Crippen LogP contribution in [0.3, 0.4) is 0 Å². The Morgan fingerprint density at radius 3 is 2.73 bits per heavy atom. The van der Waals surface area contributed by atoms with Gasteiger partial charge in [-0.2, -0.15) is 0 Å². The normalized spacial score (nSPS) is 15.2. The molecule has 0 radical (unpaired) electrons. The van der Waals surface area contributed by atoms with Crippen LogP contribution in [0.4, 0.5) is 5.82 Å². The smallest absolute Gasteiger partial charge is 0.239 e. The third-order valence-electron chi connectivity index (χ3n) is 4.08. The molecule has 1 fully saturated rings. The number of hydrogen-bond donors (Lipinski definition) is 3. The molecule has 2 rings (SSSR count). The molecule has 146 valence electrons. The van der Waals surface area contributed by atoms with Gasteiger partial charge in [-0.1, -0.05) is 6.07 Å². The van der Waals surface area contributed by atoms with Crippen molar-refractivity contribution in [3.63, 3.8) is 0 Å². The monoisotopic (exact) mass is 476 g/mol. The second-order valence-corrected chi connectivity index (χ2v) is 5.86. The lowest BCUT2D eigenvalue weighted by Gasteiger charge is -2.33. The third-order valence-corrected chi connectivity index (χ3v) is 4.08. The maximum absolute atomic E-state index is 11.7. The first-order chi connectivity index (χ1) is 12.2. The predicted octanol–water partition coefficient (Wildman–Crippen LogP) is 0.596. The van der Waals surface area contributed by atoms with Gasteiger partial charge in [-0.15, -0.1) is 24.0 Å². The van der Waals surface area contributed by atoms with Crippen LogP contribution in [0.5, 0.6) is 0 Å². The highest BCUT2D eigenvalue weighted by Crippen LogP contribution is 2.17. The van der Waals surface area contributed by atoms with Crippen molar-refractivity contribution in [3.8, 4) is 0 Å². The van der Waals surface area contributed by atoms with Crippen LogP contribution in [-0.2, 0) is 9.53 Å². The Kier molecular flexibility index (Phi) is 10.9. The molecule has 0 aromatic carbocycles. The highest BCUT2D eigenvalue weighted by atomic mass is 127. The quantitative estimate of drug-likeness (QED) is 0.231. The van der Waals surface area contributed by atoms with Crippen molar-refractivity contribution < 1.29 is 9.53 Å². The molecule has 0 atom stereocenters. The number of methoxy groups -OCH3 is 1. The number of aromatic nitrogens is 1. The van der Waals surface area contributed by atoms with Gasteiger partial charge in [-0.05, 0) is 25.0 Å². The average Bonchev–Trinajstić information content (AvgIpc) is 2.66. The predicted molar refractivity (Wildman–Crippen MR) is 114 cm³/mol. The first-order valence-corrected chi connectivity index (χ1v) is 8.61. The molecule has 1 aliphatic heterocycles. The first-order valence-electron chi connectivity index (χ1n) is 8.61. The van der Waals surface area contributed by atoms with Crippen LogP contribution in [0.15, 0.2) is 29.4 Å². The van der Waals surface area contributed by atoms with E-state index in [4.69, 9.17) is 4.74 Å². The molecule has 1 saturated heterocycles. The van der Waals surface area contributed by atoms with Crippen LogP contribution in [0.2, 0.25) is 0 Å². The SMILES string of the molecule is CN=C(NCC(=O)NCCOC)NC1CCN(c2ccccn2)CC1.I. The fourth-order valence-corrected chi connectivity index (χ4v) is 2.70. The molecule has 2 heterocycles. The van der Waals surface area contributed by atoms with Crippen LogP contribution in [0.1, 0.15) is 12.8 Å². The molecule has 0 aliphatic carbocycles. The standard InChI is InChI=1S/C17H28N6O2.HI/c1-18-17(21-13-16(24)20-9-12-25-2)22-14-6-10-23(11-7-14)15-5-3-4-8-19-15;/h3-5,8,14H,6-7,9-13H2,1-2H3,(H,20,24)(H2,18,21,22);1H. The number of ether oxygens (including phenoxy) is 1. The zero-order chi connectivity index (χ0) is 17.9. The van der Waals surface area contributed by atoms with Crippen molar-refractivity contribution in [1.29, 1.82) is 0 Å². The van der Waals surface area contributed by atoms with E-state index in [1.54, 1.807) is 14.2 Å². The maximum Gasteiger partial charge on any atom is 0.239 e. The maximum atomic E-state index is 11.7. The van der Waals surface area contributed by atoms with Gasteiger partial charge in [-0.3, -0.25) is 9.79 Å². The van der Waals surface area contributed by atoms with Crippen molar-refractivity contribution in [2.45, 2.75) is 18.9 Å². The fourth-order valence-electron chi connectivity index (χ4n) is 2.70. The number of carbonyl (C=O) groups excluding carboxylic acids is 1. The number of guanidine groups is 1. The molecular formula is C17H29IN6O2. The van der Waals surface area contributed by atoms with E-state index in [1.807, 2.05) is 24.4 Å². The van der Waals surface area contributed by atoms with Gasteiger partial charge in [0.2, 0.25) is 5.91 Å². The highest BCUT2D eigenvalue weighted by Gasteiger charge is 2.20. The van der Waals surface area contributed by atoms with Gasteiger partial charge in [0.25, 0.3) is 0 Å². The third kappa shape index (κ3) is 7.73. The summed E-state index contributed by atoms with van der Waals surface area (Å²) < 4.78 is 4.90. The number of piperidine rings is 1. The van der Waals surface area contributed by atoms with Crippen LogP contribution < -0.4 is 20.9 Å².